The second-order valence-electron chi connectivity index (χ2n) is 7.33. The molecule has 0 aliphatic rings. The van der Waals surface area contributed by atoms with Crippen molar-refractivity contribution in [2.24, 2.45) is 0 Å². The maximum absolute atomic E-state index is 13.4. The van der Waals surface area contributed by atoms with Crippen LogP contribution >= 0.6 is 0 Å². The van der Waals surface area contributed by atoms with Gasteiger partial charge in [0.2, 0.25) is 9.84 Å². The van der Waals surface area contributed by atoms with E-state index in [2.05, 4.69) is 4.74 Å². The predicted octanol–water partition coefficient (Wildman–Crippen LogP) is 4.74. The summed E-state index contributed by atoms with van der Waals surface area (Å²) >= 11 is 0. The van der Waals surface area contributed by atoms with Crippen LogP contribution in [-0.2, 0) is 25.8 Å². The average molecular weight is 510 g/mol. The van der Waals surface area contributed by atoms with Crippen LogP contribution in [0.3, 0.4) is 0 Å². The normalized spacial score (nSPS) is 11.8. The average Bonchev–Trinajstić information content (AvgIpc) is 2.78. The van der Waals surface area contributed by atoms with Crippen molar-refractivity contribution in [3.63, 3.8) is 0 Å². The van der Waals surface area contributed by atoms with E-state index in [-0.39, 0.29) is 34.3 Å². The van der Waals surface area contributed by atoms with E-state index in [4.69, 9.17) is 14.6 Å². The van der Waals surface area contributed by atoms with Gasteiger partial charge < -0.3 is 19.3 Å². The van der Waals surface area contributed by atoms with Crippen LogP contribution in [0.1, 0.15) is 5.56 Å². The van der Waals surface area contributed by atoms with Gasteiger partial charge >= 0.3 is 12.3 Å². The third kappa shape index (κ3) is 7.20. The number of ether oxygens (including phenoxy) is 3. The molecule has 3 aromatic carbocycles. The molecule has 0 aromatic heterocycles. The van der Waals surface area contributed by atoms with Crippen LogP contribution in [0.2, 0.25) is 0 Å². The largest absolute Gasteiger partial charge is 0.573 e. The van der Waals surface area contributed by atoms with Crippen LogP contribution in [0, 0.1) is 0 Å². The molecule has 0 atom stereocenters. The number of benzene rings is 3. The third-order valence-electron chi connectivity index (χ3n) is 4.73. The molecule has 186 valence electrons. The number of carboxylic acids is 1. The van der Waals surface area contributed by atoms with Gasteiger partial charge in [-0.25, -0.2) is 8.42 Å². The summed E-state index contributed by atoms with van der Waals surface area (Å²) in [5.74, 6) is -1.36. The van der Waals surface area contributed by atoms with Crippen molar-refractivity contribution < 1.29 is 45.7 Å². The van der Waals surface area contributed by atoms with Gasteiger partial charge in [0.25, 0.3) is 0 Å². The number of carboxylic acid groups (broad SMARTS) is 1. The number of methoxy groups -OCH3 is 1. The fraction of sp³-hybridized carbons (Fsp3) is 0.208. The Bertz CT molecular complexity index is 1290. The molecule has 35 heavy (non-hydrogen) atoms. The first kappa shape index (κ1) is 26.0. The molecule has 0 saturated carbocycles. The first-order valence-electron chi connectivity index (χ1n) is 10.2. The molecule has 1 N–H and O–H groups in total. The summed E-state index contributed by atoms with van der Waals surface area (Å²) < 4.78 is 78.2. The standard InChI is InChI=1S/C24H21F3O7S/c1-32-9-10-33-20-11-16(13-23(28)29)12-22(15-20)35(30,31)21-4-2-3-18(14-21)17-5-7-19(8-6-17)34-24(25,26)27/h2-8,11-12,14-15H,9-10,13H2,1H3,(H,28,29). The van der Waals surface area contributed by atoms with E-state index in [9.17, 15) is 26.4 Å². The Kier molecular flexibility index (Phi) is 8.03. The van der Waals surface area contributed by atoms with Crippen molar-refractivity contribution in [2.75, 3.05) is 20.3 Å². The maximum Gasteiger partial charge on any atom is 0.573 e. The van der Waals surface area contributed by atoms with Gasteiger partial charge in [-0.2, -0.15) is 0 Å². The van der Waals surface area contributed by atoms with Crippen LogP contribution in [-0.4, -0.2) is 46.2 Å². The molecule has 0 fully saturated rings. The van der Waals surface area contributed by atoms with Crippen LogP contribution in [0.25, 0.3) is 11.1 Å². The Labute approximate surface area is 199 Å². The number of aliphatic carboxylic acids is 1. The molecule has 11 heteroatoms. The van der Waals surface area contributed by atoms with Gasteiger partial charge in [-0.15, -0.1) is 13.2 Å². The van der Waals surface area contributed by atoms with E-state index in [1.165, 1.54) is 55.6 Å². The van der Waals surface area contributed by atoms with E-state index in [0.29, 0.717) is 11.1 Å². The lowest BCUT2D eigenvalue weighted by atomic mass is 10.1. The first-order chi connectivity index (χ1) is 16.5. The molecule has 0 unspecified atom stereocenters. The summed E-state index contributed by atoms with van der Waals surface area (Å²) in [6.07, 6.45) is -5.23. The minimum absolute atomic E-state index is 0.0825. The summed E-state index contributed by atoms with van der Waals surface area (Å²) in [4.78, 5) is 11.0. The minimum Gasteiger partial charge on any atom is -0.491 e. The fourth-order valence-electron chi connectivity index (χ4n) is 3.22. The fourth-order valence-corrected chi connectivity index (χ4v) is 4.61. The number of sulfone groups is 1. The highest BCUT2D eigenvalue weighted by Gasteiger charge is 2.31. The predicted molar refractivity (Wildman–Crippen MR) is 119 cm³/mol. The highest BCUT2D eigenvalue weighted by atomic mass is 32.2. The molecule has 0 radical (unpaired) electrons. The van der Waals surface area contributed by atoms with E-state index < -0.39 is 34.3 Å². The van der Waals surface area contributed by atoms with E-state index in [0.717, 1.165) is 12.1 Å². The smallest absolute Gasteiger partial charge is 0.491 e. The number of hydrogen-bond acceptors (Lipinski definition) is 6. The van der Waals surface area contributed by atoms with Gasteiger partial charge in [-0.3, -0.25) is 4.79 Å². The third-order valence-corrected chi connectivity index (χ3v) is 6.46. The number of rotatable bonds is 10. The molecule has 3 aromatic rings. The van der Waals surface area contributed by atoms with Crippen LogP contribution in [0.5, 0.6) is 11.5 Å². The van der Waals surface area contributed by atoms with Gasteiger partial charge in [-0.05, 0) is 59.2 Å². The van der Waals surface area contributed by atoms with Crippen molar-refractivity contribution in [3.8, 4) is 22.6 Å². The van der Waals surface area contributed by atoms with Crippen molar-refractivity contribution in [3.05, 3.63) is 72.3 Å². The molecule has 3 rings (SSSR count). The summed E-state index contributed by atoms with van der Waals surface area (Å²) in [6, 6.07) is 14.9. The monoisotopic (exact) mass is 510 g/mol. The summed E-state index contributed by atoms with van der Waals surface area (Å²) in [5, 5.41) is 9.15. The minimum atomic E-state index is -4.82. The topological polar surface area (TPSA) is 99.1 Å². The number of halogens is 3. The highest BCUT2D eigenvalue weighted by Crippen LogP contribution is 2.31. The Hall–Kier alpha value is -3.57. The Morgan fingerprint density at radius 2 is 1.60 bits per heavy atom. The Morgan fingerprint density at radius 3 is 2.23 bits per heavy atom. The van der Waals surface area contributed by atoms with E-state index >= 15 is 0 Å². The molecule has 0 heterocycles. The molecule has 0 spiro atoms. The molecular weight excluding hydrogens is 489 g/mol. The Balaban J connectivity index is 1.95. The zero-order chi connectivity index (χ0) is 25.6. The molecule has 0 saturated heterocycles. The quantitative estimate of drug-likeness (QED) is 0.394. The first-order valence-corrected chi connectivity index (χ1v) is 11.6. The van der Waals surface area contributed by atoms with E-state index in [1.54, 1.807) is 6.07 Å². The zero-order valence-corrected chi connectivity index (χ0v) is 19.2. The lowest BCUT2D eigenvalue weighted by molar-refractivity contribution is -0.274. The molecule has 0 aliphatic heterocycles. The summed E-state index contributed by atoms with van der Waals surface area (Å²) in [5.41, 5.74) is 1.16. The van der Waals surface area contributed by atoms with Gasteiger partial charge in [0.15, 0.2) is 0 Å². The second kappa shape index (κ2) is 10.8. The van der Waals surface area contributed by atoms with Gasteiger partial charge in [0.1, 0.15) is 18.1 Å². The van der Waals surface area contributed by atoms with Crippen LogP contribution in [0.4, 0.5) is 13.2 Å². The zero-order valence-electron chi connectivity index (χ0n) is 18.4. The SMILES string of the molecule is COCCOc1cc(CC(=O)O)cc(S(=O)(=O)c2cccc(-c3ccc(OC(F)(F)F)cc3)c2)c1. The van der Waals surface area contributed by atoms with Crippen LogP contribution in [0.15, 0.2) is 76.5 Å². The lowest BCUT2D eigenvalue weighted by Crippen LogP contribution is -2.16. The van der Waals surface area contributed by atoms with E-state index in [1.807, 2.05) is 0 Å². The highest BCUT2D eigenvalue weighted by molar-refractivity contribution is 7.91. The number of alkyl halides is 3. The van der Waals surface area contributed by atoms with Gasteiger partial charge in [0.05, 0.1) is 22.8 Å². The van der Waals surface area contributed by atoms with Crippen molar-refractivity contribution >= 4 is 15.8 Å². The summed E-state index contributed by atoms with van der Waals surface area (Å²) in [7, 11) is -2.61. The second-order valence-corrected chi connectivity index (χ2v) is 9.28. The van der Waals surface area contributed by atoms with Crippen molar-refractivity contribution in [1.82, 2.24) is 0 Å². The van der Waals surface area contributed by atoms with Crippen molar-refractivity contribution in [2.45, 2.75) is 22.6 Å². The molecule has 0 aliphatic carbocycles. The number of carbonyl (C=O) groups is 1. The molecule has 0 bridgehead atoms. The Morgan fingerprint density at radius 1 is 0.886 bits per heavy atom. The van der Waals surface area contributed by atoms with Gasteiger partial charge in [0, 0.05) is 7.11 Å². The van der Waals surface area contributed by atoms with Crippen LogP contribution < -0.4 is 9.47 Å². The van der Waals surface area contributed by atoms with Crippen molar-refractivity contribution in [1.29, 1.82) is 0 Å². The molecular formula is C24H21F3O7S. The maximum atomic E-state index is 13.4. The molecule has 7 nitrogen and oxygen atoms in total. The molecule has 0 amide bonds. The lowest BCUT2D eigenvalue weighted by Gasteiger charge is -2.12. The number of hydrogen-bond donors (Lipinski definition) is 1. The summed E-state index contributed by atoms with van der Waals surface area (Å²) in [6.45, 7) is 0.385. The van der Waals surface area contributed by atoms with Gasteiger partial charge in [-0.1, -0.05) is 24.3 Å².